The maximum atomic E-state index is 3.81. The van der Waals surface area contributed by atoms with Crippen molar-refractivity contribution in [2.75, 3.05) is 20.1 Å². The van der Waals surface area contributed by atoms with Gasteiger partial charge in [0, 0.05) is 43.3 Å². The molecule has 2 heterocycles. The van der Waals surface area contributed by atoms with E-state index in [0.717, 1.165) is 24.7 Å². The summed E-state index contributed by atoms with van der Waals surface area (Å²) in [5, 5.41) is 3.81. The molecule has 0 spiro atoms. The van der Waals surface area contributed by atoms with Crippen LogP contribution in [-0.2, 0) is 0 Å². The predicted octanol–water partition coefficient (Wildman–Crippen LogP) is 2.32. The summed E-state index contributed by atoms with van der Waals surface area (Å²) < 4.78 is 0. The molecule has 0 aromatic rings. The molecule has 2 rings (SSSR count). The Morgan fingerprint density at radius 1 is 1.05 bits per heavy atom. The molecule has 1 N–H and O–H groups in total. The Morgan fingerprint density at radius 3 is 2.05 bits per heavy atom. The van der Waals surface area contributed by atoms with Crippen molar-refractivity contribution in [2.45, 2.75) is 83.6 Å². The molecule has 0 aromatic heterocycles. The fraction of sp³-hybridized carbons (Fsp3) is 1.00. The number of nitrogens with one attached hydrogen (secondary N) is 1. The highest BCUT2D eigenvalue weighted by Crippen LogP contribution is 2.34. The molecule has 0 amide bonds. The lowest BCUT2D eigenvalue weighted by atomic mass is 9.98. The minimum absolute atomic E-state index is 0.649. The van der Waals surface area contributed by atoms with Gasteiger partial charge in [-0.05, 0) is 60.4 Å². The van der Waals surface area contributed by atoms with E-state index in [0.29, 0.717) is 12.1 Å². The first kappa shape index (κ1) is 15.3. The summed E-state index contributed by atoms with van der Waals surface area (Å²) in [4.78, 5) is 5.20. The average Bonchev–Trinajstić information content (AvgIpc) is 2.57. The van der Waals surface area contributed by atoms with Gasteiger partial charge in [0.2, 0.25) is 0 Å². The molecular formula is C16H33N3. The minimum Gasteiger partial charge on any atom is -0.313 e. The molecule has 112 valence electrons. The summed E-state index contributed by atoms with van der Waals surface area (Å²) in [5.74, 6) is 0. The lowest BCUT2D eigenvalue weighted by Crippen LogP contribution is -2.49. The van der Waals surface area contributed by atoms with Gasteiger partial charge in [0.1, 0.15) is 0 Å². The van der Waals surface area contributed by atoms with Crippen LogP contribution in [0.2, 0.25) is 0 Å². The molecule has 3 nitrogen and oxygen atoms in total. The monoisotopic (exact) mass is 267 g/mol. The zero-order valence-electron chi connectivity index (χ0n) is 13.5. The molecule has 0 radical (unpaired) electrons. The van der Waals surface area contributed by atoms with Gasteiger partial charge in [0.05, 0.1) is 0 Å². The van der Waals surface area contributed by atoms with E-state index in [-0.39, 0.29) is 0 Å². The number of hydrogen-bond acceptors (Lipinski definition) is 3. The van der Waals surface area contributed by atoms with Crippen LogP contribution in [0.5, 0.6) is 0 Å². The summed E-state index contributed by atoms with van der Waals surface area (Å²) in [5.41, 5.74) is 0. The van der Waals surface area contributed by atoms with Gasteiger partial charge in [-0.25, -0.2) is 0 Å². The third-order valence-electron chi connectivity index (χ3n) is 5.23. The highest BCUT2D eigenvalue weighted by molar-refractivity contribution is 4.95. The molecule has 2 saturated heterocycles. The Balaban J connectivity index is 1.72. The van der Waals surface area contributed by atoms with Crippen molar-refractivity contribution in [3.8, 4) is 0 Å². The van der Waals surface area contributed by atoms with E-state index in [1.807, 2.05) is 0 Å². The summed E-state index contributed by atoms with van der Waals surface area (Å²) in [7, 11) is 2.32. The first-order valence-corrected chi connectivity index (χ1v) is 8.20. The van der Waals surface area contributed by atoms with Crippen LogP contribution in [0.3, 0.4) is 0 Å². The first-order valence-electron chi connectivity index (χ1n) is 8.20. The molecule has 2 unspecified atom stereocenters. The van der Waals surface area contributed by atoms with E-state index < -0.39 is 0 Å². The average molecular weight is 267 g/mol. The van der Waals surface area contributed by atoms with Crippen molar-refractivity contribution >= 4 is 0 Å². The third kappa shape index (κ3) is 3.71. The van der Waals surface area contributed by atoms with Gasteiger partial charge in [-0.2, -0.15) is 0 Å². The van der Waals surface area contributed by atoms with E-state index in [2.05, 4.69) is 49.9 Å². The SMILES string of the molecule is CC(C)N(CCNC1CC2CCC(C1)N2C)C(C)C. The molecule has 2 atom stereocenters. The lowest BCUT2D eigenvalue weighted by molar-refractivity contribution is 0.138. The Labute approximate surface area is 119 Å². The normalized spacial score (nSPS) is 31.9. The van der Waals surface area contributed by atoms with Gasteiger partial charge in [0.25, 0.3) is 0 Å². The molecule has 2 fully saturated rings. The van der Waals surface area contributed by atoms with Crippen molar-refractivity contribution in [1.29, 1.82) is 0 Å². The largest absolute Gasteiger partial charge is 0.313 e. The standard InChI is InChI=1S/C16H33N3/c1-12(2)19(13(3)4)9-8-17-14-10-15-6-7-16(11-14)18(15)5/h12-17H,6-11H2,1-5H3. The summed E-state index contributed by atoms with van der Waals surface area (Å²) in [6.45, 7) is 11.5. The topological polar surface area (TPSA) is 18.5 Å². The van der Waals surface area contributed by atoms with Crippen LogP contribution in [0.15, 0.2) is 0 Å². The predicted molar refractivity (Wildman–Crippen MR) is 82.6 cm³/mol. The molecular weight excluding hydrogens is 234 g/mol. The van der Waals surface area contributed by atoms with E-state index in [1.54, 1.807) is 0 Å². The van der Waals surface area contributed by atoms with E-state index >= 15 is 0 Å². The first-order chi connectivity index (χ1) is 8.99. The van der Waals surface area contributed by atoms with Gasteiger partial charge in [-0.1, -0.05) is 0 Å². The van der Waals surface area contributed by atoms with Crippen molar-refractivity contribution < 1.29 is 0 Å². The van der Waals surface area contributed by atoms with Gasteiger partial charge in [-0.3, -0.25) is 4.90 Å². The van der Waals surface area contributed by atoms with E-state index in [4.69, 9.17) is 0 Å². The second-order valence-corrected chi connectivity index (χ2v) is 7.10. The Hall–Kier alpha value is -0.120. The van der Waals surface area contributed by atoms with E-state index in [9.17, 15) is 0 Å². The maximum Gasteiger partial charge on any atom is 0.0112 e. The number of rotatable bonds is 6. The van der Waals surface area contributed by atoms with Crippen LogP contribution < -0.4 is 5.32 Å². The van der Waals surface area contributed by atoms with Crippen LogP contribution in [0.1, 0.15) is 53.4 Å². The molecule has 3 heteroatoms. The van der Waals surface area contributed by atoms with E-state index in [1.165, 1.54) is 32.2 Å². The Bertz CT molecular complexity index is 255. The highest BCUT2D eigenvalue weighted by atomic mass is 15.2. The van der Waals surface area contributed by atoms with Crippen LogP contribution in [-0.4, -0.2) is 60.1 Å². The summed E-state index contributed by atoms with van der Waals surface area (Å²) in [6.07, 6.45) is 5.56. The smallest absolute Gasteiger partial charge is 0.0112 e. The maximum absolute atomic E-state index is 3.81. The van der Waals surface area contributed by atoms with Gasteiger partial charge in [-0.15, -0.1) is 0 Å². The summed E-state index contributed by atoms with van der Waals surface area (Å²) in [6, 6.07) is 3.76. The molecule has 2 aliphatic heterocycles. The van der Waals surface area contributed by atoms with Gasteiger partial charge < -0.3 is 10.2 Å². The molecule has 2 aliphatic rings. The van der Waals surface area contributed by atoms with Gasteiger partial charge in [0.15, 0.2) is 0 Å². The number of piperidine rings is 1. The van der Waals surface area contributed by atoms with Crippen molar-refractivity contribution in [3.05, 3.63) is 0 Å². The minimum atomic E-state index is 0.649. The molecule has 0 saturated carbocycles. The van der Waals surface area contributed by atoms with Crippen molar-refractivity contribution in [1.82, 2.24) is 15.1 Å². The third-order valence-corrected chi connectivity index (χ3v) is 5.23. The zero-order valence-corrected chi connectivity index (χ0v) is 13.5. The second kappa shape index (κ2) is 6.55. The van der Waals surface area contributed by atoms with Crippen LogP contribution in [0, 0.1) is 0 Å². The van der Waals surface area contributed by atoms with Crippen LogP contribution in [0.4, 0.5) is 0 Å². The fourth-order valence-corrected chi connectivity index (χ4v) is 4.09. The number of hydrogen-bond donors (Lipinski definition) is 1. The quantitative estimate of drug-likeness (QED) is 0.797. The lowest BCUT2D eigenvalue weighted by Gasteiger charge is -2.37. The number of nitrogens with zero attached hydrogens (tertiary/aromatic N) is 2. The summed E-state index contributed by atoms with van der Waals surface area (Å²) >= 11 is 0. The number of fused-ring (bicyclic) bond motifs is 2. The highest BCUT2D eigenvalue weighted by Gasteiger charge is 2.38. The molecule has 19 heavy (non-hydrogen) atoms. The Kier molecular flexibility index (Phi) is 5.27. The second-order valence-electron chi connectivity index (χ2n) is 7.10. The molecule has 2 bridgehead atoms. The Morgan fingerprint density at radius 2 is 1.58 bits per heavy atom. The fourth-order valence-electron chi connectivity index (χ4n) is 4.09. The molecule has 0 aromatic carbocycles. The van der Waals surface area contributed by atoms with Crippen molar-refractivity contribution in [3.63, 3.8) is 0 Å². The zero-order chi connectivity index (χ0) is 14.0. The molecule has 0 aliphatic carbocycles. The van der Waals surface area contributed by atoms with Gasteiger partial charge >= 0.3 is 0 Å². The van der Waals surface area contributed by atoms with Crippen LogP contribution >= 0.6 is 0 Å². The van der Waals surface area contributed by atoms with Crippen molar-refractivity contribution in [2.24, 2.45) is 0 Å². The van der Waals surface area contributed by atoms with Crippen LogP contribution in [0.25, 0.3) is 0 Å².